The summed E-state index contributed by atoms with van der Waals surface area (Å²) in [6.07, 6.45) is 3.28. The van der Waals surface area contributed by atoms with Gasteiger partial charge >= 0.3 is 0 Å². The van der Waals surface area contributed by atoms with Crippen LogP contribution in [0.3, 0.4) is 0 Å². The molecule has 0 aliphatic carbocycles. The van der Waals surface area contributed by atoms with Gasteiger partial charge in [0.2, 0.25) is 0 Å². The van der Waals surface area contributed by atoms with Crippen LogP contribution in [-0.2, 0) is 6.54 Å². The van der Waals surface area contributed by atoms with Crippen LogP contribution < -0.4 is 5.32 Å². The van der Waals surface area contributed by atoms with Gasteiger partial charge in [-0.2, -0.15) is 0 Å². The first-order valence-corrected chi connectivity index (χ1v) is 6.68. The van der Waals surface area contributed by atoms with Crippen molar-refractivity contribution in [1.82, 2.24) is 15.3 Å². The number of hydrogen-bond donors (Lipinski definition) is 2. The minimum Gasteiger partial charge on any atom is -0.507 e. The molecule has 1 aromatic heterocycles. The molecule has 0 bridgehead atoms. The molecule has 0 saturated carbocycles. The number of rotatable bonds is 3. The number of carbonyl (C=O) groups excluding carboxylic acids is 1. The largest absolute Gasteiger partial charge is 0.507 e. The average Bonchev–Trinajstić information content (AvgIpc) is 2.41. The lowest BCUT2D eigenvalue weighted by molar-refractivity contribution is 0.0950. The monoisotopic (exact) mass is 369 g/mol. The minimum atomic E-state index is -0.255. The van der Waals surface area contributed by atoms with Crippen LogP contribution in [-0.4, -0.2) is 21.0 Å². The third kappa shape index (κ3) is 3.63. The van der Waals surface area contributed by atoms with E-state index in [1.54, 1.807) is 24.5 Å². The van der Waals surface area contributed by atoms with Gasteiger partial charge in [-0.05, 0) is 47.7 Å². The smallest absolute Gasteiger partial charge is 0.251 e. The molecule has 1 aromatic carbocycles. The molecule has 19 heavy (non-hydrogen) atoms. The third-order valence-electron chi connectivity index (χ3n) is 2.47. The van der Waals surface area contributed by atoms with Gasteiger partial charge in [0.25, 0.3) is 5.91 Å². The molecular weight excluding hydrogens is 357 g/mol. The second-order valence-corrected chi connectivity index (χ2v) is 5.16. The van der Waals surface area contributed by atoms with Gasteiger partial charge in [0.1, 0.15) is 5.75 Å². The van der Waals surface area contributed by atoms with E-state index >= 15 is 0 Å². The zero-order valence-electron chi connectivity index (χ0n) is 10.2. The first-order chi connectivity index (χ1) is 9.06. The second-order valence-electron chi connectivity index (χ2n) is 4.00. The van der Waals surface area contributed by atoms with Crippen molar-refractivity contribution < 1.29 is 9.90 Å². The third-order valence-corrected chi connectivity index (χ3v) is 3.39. The summed E-state index contributed by atoms with van der Waals surface area (Å²) in [4.78, 5) is 20.1. The number of hydrogen-bond acceptors (Lipinski definition) is 4. The first-order valence-electron chi connectivity index (χ1n) is 5.60. The van der Waals surface area contributed by atoms with Gasteiger partial charge in [-0.1, -0.05) is 0 Å². The Hall–Kier alpha value is -1.70. The summed E-state index contributed by atoms with van der Waals surface area (Å²) in [5, 5.41) is 12.3. The molecule has 2 N–H and O–H groups in total. The van der Waals surface area contributed by atoms with Crippen molar-refractivity contribution in [2.45, 2.75) is 13.5 Å². The van der Waals surface area contributed by atoms with E-state index in [0.717, 1.165) is 5.69 Å². The van der Waals surface area contributed by atoms with Crippen LogP contribution >= 0.6 is 22.6 Å². The highest BCUT2D eigenvalue weighted by Gasteiger charge is 2.08. The Labute approximate surface area is 124 Å². The van der Waals surface area contributed by atoms with E-state index in [-0.39, 0.29) is 11.7 Å². The zero-order chi connectivity index (χ0) is 13.8. The lowest BCUT2D eigenvalue weighted by Gasteiger charge is -2.06. The van der Waals surface area contributed by atoms with Gasteiger partial charge in [0, 0.05) is 11.8 Å². The number of nitrogens with one attached hydrogen (secondary N) is 1. The molecule has 0 aliphatic heterocycles. The van der Waals surface area contributed by atoms with Crippen LogP contribution in [0.4, 0.5) is 0 Å². The number of carbonyl (C=O) groups is 1. The first kappa shape index (κ1) is 13.7. The van der Waals surface area contributed by atoms with Crippen LogP contribution in [0.1, 0.15) is 21.7 Å². The van der Waals surface area contributed by atoms with E-state index in [4.69, 9.17) is 0 Å². The fourth-order valence-corrected chi connectivity index (χ4v) is 1.77. The average molecular weight is 369 g/mol. The molecule has 6 heteroatoms. The molecule has 1 heterocycles. The van der Waals surface area contributed by atoms with Crippen molar-refractivity contribution in [3.8, 4) is 5.75 Å². The van der Waals surface area contributed by atoms with E-state index in [1.165, 1.54) is 6.07 Å². The van der Waals surface area contributed by atoms with Crippen LogP contribution in [0.15, 0.2) is 30.6 Å². The lowest BCUT2D eigenvalue weighted by atomic mass is 10.2. The van der Waals surface area contributed by atoms with E-state index in [9.17, 15) is 9.90 Å². The van der Waals surface area contributed by atoms with Gasteiger partial charge in [-0.25, -0.2) is 0 Å². The molecule has 0 radical (unpaired) electrons. The molecule has 0 saturated heterocycles. The maximum Gasteiger partial charge on any atom is 0.251 e. The van der Waals surface area contributed by atoms with Gasteiger partial charge in [0.15, 0.2) is 0 Å². The maximum absolute atomic E-state index is 11.9. The number of nitrogens with zero attached hydrogens (tertiary/aromatic N) is 2. The van der Waals surface area contributed by atoms with Gasteiger partial charge in [-0.3, -0.25) is 14.8 Å². The summed E-state index contributed by atoms with van der Waals surface area (Å²) in [5.41, 5.74) is 1.93. The number of aromatic hydroxyl groups is 1. The highest BCUT2D eigenvalue weighted by Crippen LogP contribution is 2.20. The predicted octanol–water partition coefficient (Wildman–Crippen LogP) is 2.03. The Morgan fingerprint density at radius 2 is 2.16 bits per heavy atom. The summed E-state index contributed by atoms with van der Waals surface area (Å²) in [7, 11) is 0. The lowest BCUT2D eigenvalue weighted by Crippen LogP contribution is -2.23. The summed E-state index contributed by atoms with van der Waals surface area (Å²) in [6, 6.07) is 4.80. The normalized spacial score (nSPS) is 10.2. The number of phenolic OH excluding ortho intramolecular Hbond substituents is 1. The second kappa shape index (κ2) is 5.96. The summed E-state index contributed by atoms with van der Waals surface area (Å²) in [5.74, 6) is -0.155. The van der Waals surface area contributed by atoms with Crippen molar-refractivity contribution >= 4 is 28.5 Å². The van der Waals surface area contributed by atoms with Crippen LogP contribution in [0.25, 0.3) is 0 Å². The summed E-state index contributed by atoms with van der Waals surface area (Å²) in [6.45, 7) is 2.16. The molecule has 0 unspecified atom stereocenters. The number of amides is 1. The summed E-state index contributed by atoms with van der Waals surface area (Å²) >= 11 is 2.00. The molecular formula is C13H12IN3O2. The van der Waals surface area contributed by atoms with E-state index in [2.05, 4.69) is 15.3 Å². The molecule has 0 fully saturated rings. The SMILES string of the molecule is Cc1cnc(CNC(=O)c2ccc(I)c(O)c2)cn1. The van der Waals surface area contributed by atoms with Crippen molar-refractivity contribution in [2.24, 2.45) is 0 Å². The fraction of sp³-hybridized carbons (Fsp3) is 0.154. The quantitative estimate of drug-likeness (QED) is 0.812. The maximum atomic E-state index is 11.9. The van der Waals surface area contributed by atoms with Crippen molar-refractivity contribution in [1.29, 1.82) is 0 Å². The van der Waals surface area contributed by atoms with Crippen molar-refractivity contribution in [3.05, 3.63) is 51.1 Å². The molecule has 0 atom stereocenters. The Balaban J connectivity index is 2.01. The molecule has 98 valence electrons. The fourth-order valence-electron chi connectivity index (χ4n) is 1.44. The topological polar surface area (TPSA) is 75.1 Å². The van der Waals surface area contributed by atoms with E-state index < -0.39 is 0 Å². The van der Waals surface area contributed by atoms with Gasteiger partial charge < -0.3 is 10.4 Å². The van der Waals surface area contributed by atoms with Crippen LogP contribution in [0.2, 0.25) is 0 Å². The molecule has 0 spiro atoms. The van der Waals surface area contributed by atoms with Gasteiger partial charge in [-0.15, -0.1) is 0 Å². The Morgan fingerprint density at radius 1 is 1.37 bits per heavy atom. The van der Waals surface area contributed by atoms with Crippen molar-refractivity contribution in [3.63, 3.8) is 0 Å². The highest BCUT2D eigenvalue weighted by molar-refractivity contribution is 14.1. The summed E-state index contributed by atoms with van der Waals surface area (Å²) < 4.78 is 0.707. The molecule has 2 aromatic rings. The highest BCUT2D eigenvalue weighted by atomic mass is 127. The van der Waals surface area contributed by atoms with Crippen LogP contribution in [0, 0.1) is 10.5 Å². The standard InChI is InChI=1S/C13H12IN3O2/c1-8-5-16-10(6-15-8)7-17-13(19)9-2-3-11(14)12(18)4-9/h2-6,18H,7H2,1H3,(H,17,19). The van der Waals surface area contributed by atoms with Crippen LogP contribution in [0.5, 0.6) is 5.75 Å². The number of benzene rings is 1. The predicted molar refractivity (Wildman–Crippen MR) is 78.8 cm³/mol. The van der Waals surface area contributed by atoms with E-state index in [1.807, 2.05) is 29.5 Å². The Kier molecular flexibility index (Phi) is 4.31. The molecule has 1 amide bonds. The molecule has 0 aliphatic rings. The zero-order valence-corrected chi connectivity index (χ0v) is 12.4. The minimum absolute atomic E-state index is 0.100. The number of aromatic nitrogens is 2. The number of aryl methyl sites for hydroxylation is 1. The van der Waals surface area contributed by atoms with E-state index in [0.29, 0.717) is 21.4 Å². The Morgan fingerprint density at radius 3 is 2.79 bits per heavy atom. The number of halogens is 1. The molecule has 2 rings (SSSR count). The van der Waals surface area contributed by atoms with Gasteiger partial charge in [0.05, 0.1) is 27.7 Å². The Bertz CT molecular complexity index is 599. The van der Waals surface area contributed by atoms with Crippen molar-refractivity contribution in [2.75, 3.05) is 0 Å². The number of phenols is 1. The molecule has 5 nitrogen and oxygen atoms in total.